The van der Waals surface area contributed by atoms with Gasteiger partial charge in [0.1, 0.15) is 18.1 Å². The summed E-state index contributed by atoms with van der Waals surface area (Å²) in [5.41, 5.74) is 3.34. The Morgan fingerprint density at radius 3 is 2.24 bits per heavy atom. The van der Waals surface area contributed by atoms with Gasteiger partial charge in [-0.1, -0.05) is 30.3 Å². The maximum absolute atomic E-state index is 13.4. The Bertz CT molecular complexity index is 1100. The first-order valence-corrected chi connectivity index (χ1v) is 11.5. The zero-order chi connectivity index (χ0) is 23.9. The Balaban J connectivity index is 1.58. The summed E-state index contributed by atoms with van der Waals surface area (Å²) in [6.45, 7) is 0.971. The van der Waals surface area contributed by atoms with Crippen LogP contribution in [-0.4, -0.2) is 45.3 Å². The molecule has 1 aliphatic rings. The van der Waals surface area contributed by atoms with Gasteiger partial charge in [-0.15, -0.1) is 0 Å². The molecule has 1 atom stereocenters. The molecule has 6 nitrogen and oxygen atoms in total. The van der Waals surface area contributed by atoms with Crippen LogP contribution in [-0.2, 0) is 17.6 Å². The Kier molecular flexibility index (Phi) is 7.58. The smallest absolute Gasteiger partial charge is 0.223 e. The highest BCUT2D eigenvalue weighted by atomic mass is 16.5. The van der Waals surface area contributed by atoms with Gasteiger partial charge in [0, 0.05) is 13.0 Å². The van der Waals surface area contributed by atoms with Crippen LogP contribution in [0.15, 0.2) is 66.7 Å². The van der Waals surface area contributed by atoms with Crippen LogP contribution in [0.3, 0.4) is 0 Å². The fourth-order valence-electron chi connectivity index (χ4n) is 4.39. The maximum Gasteiger partial charge on any atom is 0.223 e. The molecule has 1 amide bonds. The highest BCUT2D eigenvalue weighted by Gasteiger charge is 2.32. The number of fused-ring (bicyclic) bond motifs is 1. The summed E-state index contributed by atoms with van der Waals surface area (Å²) in [5.74, 6) is 2.96. The van der Waals surface area contributed by atoms with Crippen LogP contribution in [0.4, 0.5) is 0 Å². The third kappa shape index (κ3) is 5.28. The average Bonchev–Trinajstić information content (AvgIpc) is 2.90. The molecule has 4 rings (SSSR count). The van der Waals surface area contributed by atoms with Gasteiger partial charge in [-0.2, -0.15) is 0 Å². The average molecular weight is 462 g/mol. The van der Waals surface area contributed by atoms with Crippen molar-refractivity contribution in [2.75, 3.05) is 34.5 Å². The van der Waals surface area contributed by atoms with E-state index in [1.165, 1.54) is 0 Å². The lowest BCUT2D eigenvalue weighted by Gasteiger charge is -2.37. The number of carbonyl (C=O) groups excluding carboxylic acids is 1. The van der Waals surface area contributed by atoms with E-state index in [9.17, 15) is 4.79 Å². The third-order valence-corrected chi connectivity index (χ3v) is 6.26. The second kappa shape index (κ2) is 11.0. The van der Waals surface area contributed by atoms with Crippen molar-refractivity contribution in [1.82, 2.24) is 4.90 Å². The number of amides is 1. The van der Waals surface area contributed by atoms with E-state index in [-0.39, 0.29) is 11.9 Å². The molecule has 0 aliphatic carbocycles. The minimum absolute atomic E-state index is 0.118. The molecule has 1 heterocycles. The van der Waals surface area contributed by atoms with Gasteiger partial charge in [0.15, 0.2) is 11.5 Å². The third-order valence-electron chi connectivity index (χ3n) is 6.26. The number of carbonyl (C=O) groups is 1. The lowest BCUT2D eigenvalue weighted by molar-refractivity contribution is -0.134. The Labute approximate surface area is 201 Å². The fraction of sp³-hybridized carbons (Fsp3) is 0.321. The molecule has 34 heavy (non-hydrogen) atoms. The van der Waals surface area contributed by atoms with Crippen molar-refractivity contribution in [3.8, 4) is 23.0 Å². The van der Waals surface area contributed by atoms with Gasteiger partial charge in [-0.3, -0.25) is 4.79 Å². The van der Waals surface area contributed by atoms with Gasteiger partial charge in [0.05, 0.1) is 27.4 Å². The van der Waals surface area contributed by atoms with Gasteiger partial charge < -0.3 is 23.8 Å². The highest BCUT2D eigenvalue weighted by Crippen LogP contribution is 2.38. The van der Waals surface area contributed by atoms with Gasteiger partial charge in [0.25, 0.3) is 0 Å². The number of aryl methyl sites for hydroxylation is 1. The van der Waals surface area contributed by atoms with Crippen molar-refractivity contribution in [2.45, 2.75) is 25.3 Å². The van der Waals surface area contributed by atoms with E-state index in [1.807, 2.05) is 59.5 Å². The second-order valence-electron chi connectivity index (χ2n) is 8.23. The first-order valence-electron chi connectivity index (χ1n) is 11.5. The first-order chi connectivity index (χ1) is 16.6. The quantitative estimate of drug-likeness (QED) is 0.456. The second-order valence-corrected chi connectivity index (χ2v) is 8.23. The van der Waals surface area contributed by atoms with Crippen molar-refractivity contribution in [1.29, 1.82) is 0 Å². The van der Waals surface area contributed by atoms with E-state index in [0.717, 1.165) is 34.6 Å². The minimum Gasteiger partial charge on any atom is -0.497 e. The van der Waals surface area contributed by atoms with Crippen LogP contribution in [0.5, 0.6) is 23.0 Å². The molecule has 6 heteroatoms. The molecule has 0 saturated carbocycles. The van der Waals surface area contributed by atoms with Gasteiger partial charge >= 0.3 is 0 Å². The van der Waals surface area contributed by atoms with E-state index in [0.29, 0.717) is 37.5 Å². The van der Waals surface area contributed by atoms with Gasteiger partial charge in [-0.05, 0) is 65.9 Å². The molecule has 3 aromatic carbocycles. The summed E-state index contributed by atoms with van der Waals surface area (Å²) in [6, 6.07) is 21.3. The molecule has 0 spiro atoms. The SMILES string of the molecule is COc1ccc(OC[C@H]2c3cc(OC)c(OC)cc3CCN2C(=O)CCc2ccccc2)cc1. The molecule has 0 unspecified atom stereocenters. The normalized spacial score (nSPS) is 14.8. The van der Waals surface area contributed by atoms with Crippen molar-refractivity contribution in [2.24, 2.45) is 0 Å². The van der Waals surface area contributed by atoms with E-state index in [2.05, 4.69) is 12.1 Å². The van der Waals surface area contributed by atoms with E-state index in [1.54, 1.807) is 21.3 Å². The lowest BCUT2D eigenvalue weighted by atomic mass is 9.91. The molecular weight excluding hydrogens is 430 g/mol. The summed E-state index contributed by atoms with van der Waals surface area (Å²) >= 11 is 0. The lowest BCUT2D eigenvalue weighted by Crippen LogP contribution is -2.42. The summed E-state index contributed by atoms with van der Waals surface area (Å²) in [5, 5.41) is 0. The molecular formula is C28H31NO5. The summed E-state index contributed by atoms with van der Waals surface area (Å²) < 4.78 is 22.4. The molecule has 0 aromatic heterocycles. The monoisotopic (exact) mass is 461 g/mol. The van der Waals surface area contributed by atoms with Gasteiger partial charge in [0.2, 0.25) is 5.91 Å². The molecule has 3 aromatic rings. The van der Waals surface area contributed by atoms with Crippen LogP contribution in [0.1, 0.15) is 29.2 Å². The largest absolute Gasteiger partial charge is 0.497 e. The molecule has 1 aliphatic heterocycles. The van der Waals surface area contributed by atoms with Crippen LogP contribution >= 0.6 is 0 Å². The molecule has 178 valence electrons. The Hall–Kier alpha value is -3.67. The topological polar surface area (TPSA) is 57.2 Å². The van der Waals surface area contributed by atoms with Crippen molar-refractivity contribution < 1.29 is 23.7 Å². The van der Waals surface area contributed by atoms with Crippen molar-refractivity contribution >= 4 is 5.91 Å². The van der Waals surface area contributed by atoms with Crippen molar-refractivity contribution in [3.63, 3.8) is 0 Å². The van der Waals surface area contributed by atoms with Crippen LogP contribution in [0.25, 0.3) is 0 Å². The summed E-state index contributed by atoms with van der Waals surface area (Å²) in [7, 11) is 4.89. The predicted molar refractivity (Wildman–Crippen MR) is 131 cm³/mol. The summed E-state index contributed by atoms with van der Waals surface area (Å²) in [4.78, 5) is 15.3. The Morgan fingerprint density at radius 2 is 1.56 bits per heavy atom. The van der Waals surface area contributed by atoms with Crippen LogP contribution < -0.4 is 18.9 Å². The minimum atomic E-state index is -0.228. The molecule has 0 fully saturated rings. The van der Waals surface area contributed by atoms with Crippen LogP contribution in [0.2, 0.25) is 0 Å². The van der Waals surface area contributed by atoms with E-state index >= 15 is 0 Å². The maximum atomic E-state index is 13.4. The Morgan fingerprint density at radius 1 is 0.882 bits per heavy atom. The molecule has 0 saturated heterocycles. The van der Waals surface area contributed by atoms with Crippen LogP contribution in [0, 0.1) is 0 Å². The van der Waals surface area contributed by atoms with E-state index in [4.69, 9.17) is 18.9 Å². The first kappa shape index (κ1) is 23.5. The number of hydrogen-bond donors (Lipinski definition) is 0. The van der Waals surface area contributed by atoms with Crippen molar-refractivity contribution in [3.05, 3.63) is 83.4 Å². The predicted octanol–water partition coefficient (Wildman–Crippen LogP) is 4.85. The zero-order valence-electron chi connectivity index (χ0n) is 20.0. The van der Waals surface area contributed by atoms with E-state index < -0.39 is 0 Å². The fourth-order valence-corrected chi connectivity index (χ4v) is 4.39. The summed E-state index contributed by atoms with van der Waals surface area (Å²) in [6.07, 6.45) is 1.92. The molecule has 0 N–H and O–H groups in total. The molecule has 0 bridgehead atoms. The number of benzene rings is 3. The number of hydrogen-bond acceptors (Lipinski definition) is 5. The standard InChI is InChI=1S/C28H31NO5/c1-31-22-10-12-23(13-11-22)34-19-25-24-18-27(33-3)26(32-2)17-21(24)15-16-29(25)28(30)14-9-20-7-5-4-6-8-20/h4-8,10-13,17-18,25H,9,14-16,19H2,1-3H3/t25-/m0/s1. The number of ether oxygens (including phenoxy) is 4. The number of methoxy groups -OCH3 is 3. The number of rotatable bonds is 9. The van der Waals surface area contributed by atoms with Gasteiger partial charge in [-0.25, -0.2) is 0 Å². The number of nitrogens with zero attached hydrogens (tertiary/aromatic N) is 1. The zero-order valence-corrected chi connectivity index (χ0v) is 20.0. The highest BCUT2D eigenvalue weighted by molar-refractivity contribution is 5.77. The molecule has 0 radical (unpaired) electrons.